The first-order chi connectivity index (χ1) is 5.20. The summed E-state index contributed by atoms with van der Waals surface area (Å²) in [5, 5.41) is 0.236. The van der Waals surface area contributed by atoms with E-state index in [4.69, 9.17) is 16.0 Å². The highest BCUT2D eigenvalue weighted by molar-refractivity contribution is 6.20. The fourth-order valence-electron chi connectivity index (χ4n) is 1.18. The Morgan fingerprint density at radius 2 is 2.27 bits per heavy atom. The zero-order valence-electron chi connectivity index (χ0n) is 6.88. The lowest BCUT2D eigenvalue weighted by molar-refractivity contribution is 0.556. The Kier molecular flexibility index (Phi) is 3.01. The first-order valence-electron chi connectivity index (χ1n) is 3.86. The van der Waals surface area contributed by atoms with E-state index in [9.17, 15) is 0 Å². The van der Waals surface area contributed by atoms with Crippen molar-refractivity contribution in [3.8, 4) is 0 Å². The maximum absolute atomic E-state index is 5.86. The highest BCUT2D eigenvalue weighted by Crippen LogP contribution is 2.22. The van der Waals surface area contributed by atoms with E-state index in [-0.39, 0.29) is 5.38 Å². The summed E-state index contributed by atoms with van der Waals surface area (Å²) in [6.07, 6.45) is 4.48. The molecule has 2 unspecified atom stereocenters. The Hall–Kier alpha value is -0.430. The molecule has 0 radical (unpaired) electrons. The van der Waals surface area contributed by atoms with Gasteiger partial charge >= 0.3 is 0 Å². The van der Waals surface area contributed by atoms with E-state index in [1.807, 2.05) is 13.0 Å². The topological polar surface area (TPSA) is 13.1 Å². The van der Waals surface area contributed by atoms with E-state index in [0.717, 1.165) is 6.42 Å². The van der Waals surface area contributed by atoms with Gasteiger partial charge < -0.3 is 4.42 Å². The molecule has 0 fully saturated rings. The van der Waals surface area contributed by atoms with Crippen LogP contribution >= 0.6 is 11.6 Å². The summed E-state index contributed by atoms with van der Waals surface area (Å²) in [5.74, 6) is 0.501. The lowest BCUT2D eigenvalue weighted by atomic mass is 9.99. The van der Waals surface area contributed by atoms with Crippen molar-refractivity contribution >= 4 is 11.6 Å². The fourth-order valence-corrected chi connectivity index (χ4v) is 1.45. The van der Waals surface area contributed by atoms with Gasteiger partial charge in [0.2, 0.25) is 0 Å². The first kappa shape index (κ1) is 8.66. The van der Waals surface area contributed by atoms with E-state index in [0.29, 0.717) is 5.92 Å². The predicted molar refractivity (Wildman–Crippen MR) is 47.1 cm³/mol. The second-order valence-electron chi connectivity index (χ2n) is 2.97. The van der Waals surface area contributed by atoms with Crippen LogP contribution in [0.5, 0.6) is 0 Å². The van der Waals surface area contributed by atoms with E-state index >= 15 is 0 Å². The van der Waals surface area contributed by atoms with Crippen LogP contribution in [0.15, 0.2) is 23.0 Å². The SMILES string of the molecule is CC(Cl)CC(C)c1ccoc1. The normalized spacial score (nSPS) is 16.3. The third-order valence-corrected chi connectivity index (χ3v) is 1.97. The molecule has 62 valence electrons. The summed E-state index contributed by atoms with van der Waals surface area (Å²) in [6.45, 7) is 4.17. The summed E-state index contributed by atoms with van der Waals surface area (Å²) in [4.78, 5) is 0. The molecule has 1 aromatic rings. The number of alkyl halides is 1. The highest BCUT2D eigenvalue weighted by atomic mass is 35.5. The van der Waals surface area contributed by atoms with Gasteiger partial charge in [-0.2, -0.15) is 0 Å². The van der Waals surface area contributed by atoms with Crippen LogP contribution in [0.25, 0.3) is 0 Å². The smallest absolute Gasteiger partial charge is 0.0937 e. The molecule has 1 nitrogen and oxygen atoms in total. The van der Waals surface area contributed by atoms with Gasteiger partial charge in [0, 0.05) is 5.38 Å². The molecule has 0 aliphatic carbocycles. The Balaban J connectivity index is 2.49. The molecule has 2 heteroatoms. The van der Waals surface area contributed by atoms with E-state index in [1.54, 1.807) is 12.5 Å². The molecule has 0 bridgehead atoms. The molecule has 1 rings (SSSR count). The van der Waals surface area contributed by atoms with Crippen LogP contribution in [-0.2, 0) is 0 Å². The zero-order valence-corrected chi connectivity index (χ0v) is 7.64. The van der Waals surface area contributed by atoms with Gasteiger partial charge in [-0.3, -0.25) is 0 Å². The van der Waals surface area contributed by atoms with Gasteiger partial charge in [0.05, 0.1) is 12.5 Å². The van der Waals surface area contributed by atoms with Crippen molar-refractivity contribution in [2.45, 2.75) is 31.6 Å². The lowest BCUT2D eigenvalue weighted by Crippen LogP contribution is -1.99. The second kappa shape index (κ2) is 3.82. The number of hydrogen-bond donors (Lipinski definition) is 0. The van der Waals surface area contributed by atoms with Crippen molar-refractivity contribution in [1.29, 1.82) is 0 Å². The first-order valence-corrected chi connectivity index (χ1v) is 4.30. The van der Waals surface area contributed by atoms with Gasteiger partial charge in [-0.05, 0) is 30.9 Å². The number of hydrogen-bond acceptors (Lipinski definition) is 1. The summed E-state index contributed by atoms with van der Waals surface area (Å²) in [7, 11) is 0. The molecule has 0 aliphatic rings. The van der Waals surface area contributed by atoms with Crippen LogP contribution in [0, 0.1) is 0 Å². The minimum Gasteiger partial charge on any atom is -0.472 e. The van der Waals surface area contributed by atoms with E-state index < -0.39 is 0 Å². The Labute approximate surface area is 72.4 Å². The number of rotatable bonds is 3. The van der Waals surface area contributed by atoms with Crippen LogP contribution in [0.4, 0.5) is 0 Å². The molecule has 0 spiro atoms. The van der Waals surface area contributed by atoms with Crippen LogP contribution in [0.2, 0.25) is 0 Å². The second-order valence-corrected chi connectivity index (χ2v) is 3.72. The summed E-state index contributed by atoms with van der Waals surface area (Å²) < 4.78 is 4.97. The molecule has 0 aliphatic heterocycles. The monoisotopic (exact) mass is 172 g/mol. The molecule has 1 aromatic heterocycles. The third-order valence-electron chi connectivity index (χ3n) is 1.79. The van der Waals surface area contributed by atoms with Gasteiger partial charge in [0.15, 0.2) is 0 Å². The molecule has 0 N–H and O–H groups in total. The Morgan fingerprint density at radius 3 is 2.73 bits per heavy atom. The largest absolute Gasteiger partial charge is 0.472 e. The minimum atomic E-state index is 0.236. The molecule has 11 heavy (non-hydrogen) atoms. The average Bonchev–Trinajstić information content (AvgIpc) is 2.35. The van der Waals surface area contributed by atoms with Crippen LogP contribution in [0.1, 0.15) is 31.7 Å². The molecular formula is C9H13ClO. The van der Waals surface area contributed by atoms with Gasteiger partial charge in [-0.1, -0.05) is 6.92 Å². The molecule has 2 atom stereocenters. The van der Waals surface area contributed by atoms with Crippen molar-refractivity contribution in [2.75, 3.05) is 0 Å². The zero-order chi connectivity index (χ0) is 8.27. The van der Waals surface area contributed by atoms with Crippen molar-refractivity contribution in [2.24, 2.45) is 0 Å². The van der Waals surface area contributed by atoms with Crippen LogP contribution in [0.3, 0.4) is 0 Å². The van der Waals surface area contributed by atoms with Gasteiger partial charge in [-0.15, -0.1) is 11.6 Å². The van der Waals surface area contributed by atoms with Crippen LogP contribution < -0.4 is 0 Å². The van der Waals surface area contributed by atoms with E-state index in [2.05, 4.69) is 6.92 Å². The molecule has 0 saturated heterocycles. The summed E-state index contributed by atoms with van der Waals surface area (Å²) in [6, 6.07) is 1.99. The Morgan fingerprint density at radius 1 is 1.55 bits per heavy atom. The van der Waals surface area contributed by atoms with Gasteiger partial charge in [0.1, 0.15) is 0 Å². The van der Waals surface area contributed by atoms with Crippen molar-refractivity contribution in [3.63, 3.8) is 0 Å². The minimum absolute atomic E-state index is 0.236. The number of halogens is 1. The highest BCUT2D eigenvalue weighted by Gasteiger charge is 2.09. The molecular weight excluding hydrogens is 160 g/mol. The van der Waals surface area contributed by atoms with Crippen molar-refractivity contribution in [3.05, 3.63) is 24.2 Å². The third kappa shape index (κ3) is 2.58. The molecule has 1 heterocycles. The van der Waals surface area contributed by atoms with E-state index in [1.165, 1.54) is 5.56 Å². The Bertz CT molecular complexity index is 191. The maximum atomic E-state index is 5.86. The van der Waals surface area contributed by atoms with Crippen molar-refractivity contribution < 1.29 is 4.42 Å². The fraction of sp³-hybridized carbons (Fsp3) is 0.556. The standard InChI is InChI=1S/C9H13ClO/c1-7(5-8(2)10)9-3-4-11-6-9/h3-4,6-8H,5H2,1-2H3. The molecule has 0 saturated carbocycles. The van der Waals surface area contributed by atoms with Gasteiger partial charge in [0.25, 0.3) is 0 Å². The molecule has 0 aromatic carbocycles. The maximum Gasteiger partial charge on any atom is 0.0937 e. The quantitative estimate of drug-likeness (QED) is 0.637. The summed E-state index contributed by atoms with van der Waals surface area (Å²) in [5.41, 5.74) is 1.23. The van der Waals surface area contributed by atoms with Crippen molar-refractivity contribution in [1.82, 2.24) is 0 Å². The number of furan rings is 1. The average molecular weight is 173 g/mol. The van der Waals surface area contributed by atoms with Crippen LogP contribution in [-0.4, -0.2) is 5.38 Å². The van der Waals surface area contributed by atoms with Gasteiger partial charge in [-0.25, -0.2) is 0 Å². The molecule has 0 amide bonds. The predicted octanol–water partition coefficient (Wildman–Crippen LogP) is 3.40. The lowest BCUT2D eigenvalue weighted by Gasteiger charge is -2.09. The summed E-state index contributed by atoms with van der Waals surface area (Å²) >= 11 is 5.86.